The molecule has 2 aliphatic rings. The molecule has 0 saturated carbocycles. The van der Waals surface area contributed by atoms with E-state index in [1.165, 1.54) is 17.2 Å². The van der Waals surface area contributed by atoms with Crippen LogP contribution in [-0.4, -0.2) is 49.1 Å². The molecule has 29 heavy (non-hydrogen) atoms. The number of halogens is 3. The second-order valence-electron chi connectivity index (χ2n) is 6.70. The molecule has 0 spiro atoms. The monoisotopic (exact) mass is 440 g/mol. The quantitative estimate of drug-likeness (QED) is 0.562. The first-order chi connectivity index (χ1) is 13.9. The van der Waals surface area contributed by atoms with Gasteiger partial charge in [0.2, 0.25) is 0 Å². The average molecular weight is 441 g/mol. The number of piperidine rings is 1. The largest absolute Gasteiger partial charge is 0.442 e. The molecule has 2 aliphatic heterocycles. The van der Waals surface area contributed by atoms with Crippen molar-refractivity contribution < 1.29 is 18.7 Å². The highest BCUT2D eigenvalue weighted by molar-refractivity contribution is 6.53. The van der Waals surface area contributed by atoms with Gasteiger partial charge in [0.05, 0.1) is 31.0 Å². The minimum Gasteiger partial charge on any atom is -0.442 e. The highest BCUT2D eigenvalue weighted by Gasteiger charge is 2.33. The molecule has 0 unspecified atom stereocenters. The first-order valence-electron chi connectivity index (χ1n) is 9.02. The summed E-state index contributed by atoms with van der Waals surface area (Å²) in [5.74, 6) is -1.01. The fourth-order valence-electron chi connectivity index (χ4n) is 3.31. The van der Waals surface area contributed by atoms with Gasteiger partial charge in [-0.3, -0.25) is 9.69 Å². The Kier molecular flexibility index (Phi) is 6.83. The standard InChI is InChI=1S/C19H19Cl2FN4O3/c1-23-9-12-4-6-25(7-5-12)16-3-2-13(8-15(16)22)26-11-14(29-19(26)28)10-24-18(27)17(20)21/h2-3,8-9,14,17H,4-7,10-11H2,(H,24,27)/t14-/m0/s1. The summed E-state index contributed by atoms with van der Waals surface area (Å²) in [5, 5.41) is 2.48. The topological polar surface area (TPSA) is 66.2 Å². The highest BCUT2D eigenvalue weighted by Crippen LogP contribution is 2.30. The first kappa shape index (κ1) is 21.2. The van der Waals surface area contributed by atoms with Gasteiger partial charge in [0.25, 0.3) is 5.91 Å². The van der Waals surface area contributed by atoms with Gasteiger partial charge in [-0.25, -0.2) is 14.0 Å². The zero-order chi connectivity index (χ0) is 21.0. The lowest BCUT2D eigenvalue weighted by Crippen LogP contribution is -2.37. The van der Waals surface area contributed by atoms with E-state index in [9.17, 15) is 14.0 Å². The van der Waals surface area contributed by atoms with Crippen LogP contribution in [0.4, 0.5) is 20.6 Å². The Morgan fingerprint density at radius 3 is 2.76 bits per heavy atom. The van der Waals surface area contributed by atoms with Gasteiger partial charge in [-0.05, 0) is 31.0 Å². The molecular weight excluding hydrogens is 422 g/mol. The molecule has 1 aromatic rings. The van der Waals surface area contributed by atoms with Gasteiger partial charge >= 0.3 is 6.09 Å². The van der Waals surface area contributed by atoms with Crippen LogP contribution in [0.25, 0.3) is 4.85 Å². The van der Waals surface area contributed by atoms with Gasteiger partial charge in [0.1, 0.15) is 11.9 Å². The van der Waals surface area contributed by atoms with Crippen LogP contribution in [-0.2, 0) is 9.53 Å². The Labute approximate surface area is 177 Å². The fourth-order valence-corrected chi connectivity index (χ4v) is 3.46. The summed E-state index contributed by atoms with van der Waals surface area (Å²) >= 11 is 10.9. The van der Waals surface area contributed by atoms with Crippen molar-refractivity contribution in [1.82, 2.24) is 5.32 Å². The second kappa shape index (κ2) is 9.33. The van der Waals surface area contributed by atoms with E-state index >= 15 is 0 Å². The first-order valence-corrected chi connectivity index (χ1v) is 9.89. The van der Waals surface area contributed by atoms with Crippen molar-refractivity contribution in [3.05, 3.63) is 47.2 Å². The molecule has 0 aromatic heterocycles. The van der Waals surface area contributed by atoms with Crippen LogP contribution in [0.1, 0.15) is 12.8 Å². The number of anilines is 2. The van der Waals surface area contributed by atoms with Crippen LogP contribution in [0, 0.1) is 12.4 Å². The SMILES string of the molecule is [C-]#[N+]C=C1CCN(c2ccc(N3C[C@H](CNC(=O)C(Cl)Cl)OC3=O)cc2F)CC1. The van der Waals surface area contributed by atoms with Crippen LogP contribution in [0.5, 0.6) is 0 Å². The Balaban J connectivity index is 1.63. The number of hydrogen-bond acceptors (Lipinski definition) is 4. The Morgan fingerprint density at radius 1 is 1.41 bits per heavy atom. The number of rotatable bonds is 5. The maximum Gasteiger partial charge on any atom is 0.414 e. The lowest BCUT2D eigenvalue weighted by Gasteiger charge is -2.31. The molecule has 10 heteroatoms. The summed E-state index contributed by atoms with van der Waals surface area (Å²) in [5.41, 5.74) is 1.91. The Hall–Kier alpha value is -2.50. The van der Waals surface area contributed by atoms with E-state index in [0.717, 1.165) is 18.4 Å². The normalized spacial score (nSPS) is 19.2. The zero-order valence-corrected chi connectivity index (χ0v) is 16.9. The van der Waals surface area contributed by atoms with Crippen molar-refractivity contribution in [3.8, 4) is 0 Å². The number of benzene rings is 1. The van der Waals surface area contributed by atoms with Crippen LogP contribution < -0.4 is 15.1 Å². The van der Waals surface area contributed by atoms with Crippen LogP contribution in [0.2, 0.25) is 0 Å². The number of hydrogen-bond donors (Lipinski definition) is 1. The number of amides is 2. The summed E-state index contributed by atoms with van der Waals surface area (Å²) < 4.78 is 19.9. The molecule has 0 aliphatic carbocycles. The number of alkyl halides is 2. The molecule has 2 saturated heterocycles. The molecule has 1 atom stereocenters. The van der Waals surface area contributed by atoms with Gasteiger partial charge < -0.3 is 15.0 Å². The summed E-state index contributed by atoms with van der Waals surface area (Å²) in [4.78, 5) is 28.9. The minimum absolute atomic E-state index is 0.0613. The third-order valence-electron chi connectivity index (χ3n) is 4.81. The number of nitrogens with zero attached hydrogens (tertiary/aromatic N) is 3. The number of cyclic esters (lactones) is 1. The average Bonchev–Trinajstić information content (AvgIpc) is 3.07. The number of carbonyl (C=O) groups is 2. The van der Waals surface area contributed by atoms with Gasteiger partial charge in [-0.2, -0.15) is 0 Å². The minimum atomic E-state index is -1.20. The molecule has 0 bridgehead atoms. The molecule has 2 amide bonds. The zero-order valence-electron chi connectivity index (χ0n) is 15.4. The lowest BCUT2D eigenvalue weighted by atomic mass is 10.0. The maximum atomic E-state index is 14.7. The highest BCUT2D eigenvalue weighted by atomic mass is 35.5. The molecule has 2 heterocycles. The summed E-state index contributed by atoms with van der Waals surface area (Å²) in [7, 11) is 0. The molecule has 3 rings (SSSR count). The Morgan fingerprint density at radius 2 is 2.14 bits per heavy atom. The van der Waals surface area contributed by atoms with Gasteiger partial charge in [-0.1, -0.05) is 28.8 Å². The van der Waals surface area contributed by atoms with E-state index in [1.54, 1.807) is 12.1 Å². The molecule has 154 valence electrons. The van der Waals surface area contributed by atoms with Crippen molar-refractivity contribution >= 4 is 46.6 Å². The second-order valence-corrected chi connectivity index (χ2v) is 7.80. The van der Waals surface area contributed by atoms with E-state index in [4.69, 9.17) is 34.5 Å². The van der Waals surface area contributed by atoms with E-state index in [-0.39, 0.29) is 13.1 Å². The predicted octanol–water partition coefficient (Wildman–Crippen LogP) is 3.47. The Bertz CT molecular complexity index is 862. The van der Waals surface area contributed by atoms with Gasteiger partial charge in [-0.15, -0.1) is 0 Å². The fraction of sp³-hybridized carbons (Fsp3) is 0.421. The van der Waals surface area contributed by atoms with Crippen molar-refractivity contribution in [2.75, 3.05) is 36.0 Å². The molecular formula is C19H19Cl2FN4O3. The third-order valence-corrected chi connectivity index (χ3v) is 5.21. The summed E-state index contributed by atoms with van der Waals surface area (Å²) in [6.45, 7) is 8.38. The molecule has 1 N–H and O–H groups in total. The van der Waals surface area contributed by atoms with E-state index in [1.807, 2.05) is 4.90 Å². The van der Waals surface area contributed by atoms with E-state index < -0.39 is 28.8 Å². The van der Waals surface area contributed by atoms with Crippen molar-refractivity contribution in [1.29, 1.82) is 0 Å². The molecule has 7 nitrogen and oxygen atoms in total. The lowest BCUT2D eigenvalue weighted by molar-refractivity contribution is -0.119. The van der Waals surface area contributed by atoms with E-state index in [0.29, 0.717) is 24.5 Å². The molecule has 1 aromatic carbocycles. The number of nitrogens with one attached hydrogen (secondary N) is 1. The van der Waals surface area contributed by atoms with E-state index in [2.05, 4.69) is 10.2 Å². The molecule has 0 radical (unpaired) electrons. The third kappa shape index (κ3) is 5.11. The number of ether oxygens (including phenoxy) is 1. The smallest absolute Gasteiger partial charge is 0.414 e. The van der Waals surface area contributed by atoms with Gasteiger partial charge in [0, 0.05) is 13.1 Å². The summed E-state index contributed by atoms with van der Waals surface area (Å²) in [6, 6.07) is 4.61. The van der Waals surface area contributed by atoms with Gasteiger partial charge in [0.15, 0.2) is 11.0 Å². The van der Waals surface area contributed by atoms with Crippen LogP contribution in [0.15, 0.2) is 30.0 Å². The number of carbonyl (C=O) groups excluding carboxylic acids is 2. The van der Waals surface area contributed by atoms with Crippen LogP contribution in [0.3, 0.4) is 0 Å². The maximum absolute atomic E-state index is 14.7. The summed E-state index contributed by atoms with van der Waals surface area (Å²) in [6.07, 6.45) is 1.78. The van der Waals surface area contributed by atoms with Crippen molar-refractivity contribution in [2.24, 2.45) is 0 Å². The predicted molar refractivity (Wildman–Crippen MR) is 109 cm³/mol. The van der Waals surface area contributed by atoms with Crippen molar-refractivity contribution in [2.45, 2.75) is 23.8 Å². The van der Waals surface area contributed by atoms with Crippen LogP contribution >= 0.6 is 23.2 Å². The van der Waals surface area contributed by atoms with Crippen molar-refractivity contribution in [3.63, 3.8) is 0 Å². The molecule has 2 fully saturated rings.